The Hall–Kier alpha value is -1.74. The first-order chi connectivity index (χ1) is 21.6. The smallest absolute Gasteiger partial charge is 0.306 e. The van der Waals surface area contributed by atoms with E-state index in [-0.39, 0.29) is 23.8 Å². The van der Waals surface area contributed by atoms with Crippen LogP contribution in [0, 0.1) is 17.8 Å². The molecule has 3 aliphatic rings. The molecule has 2 aliphatic heterocycles. The molecule has 1 aliphatic carbocycles. The highest BCUT2D eigenvalue weighted by atomic mass is 19.1. The number of nitrogens with two attached hydrogens (primary N) is 2. The van der Waals surface area contributed by atoms with Gasteiger partial charge in [-0.15, -0.1) is 0 Å². The maximum Gasteiger partial charge on any atom is 0.306 e. The molecule has 1 amide bonds. The Balaban J connectivity index is 0.000000548. The zero-order valence-electron chi connectivity index (χ0n) is 29.1. The van der Waals surface area contributed by atoms with E-state index in [1.165, 1.54) is 5.56 Å². The Bertz CT molecular complexity index is 975. The van der Waals surface area contributed by atoms with Crippen LogP contribution in [-0.4, -0.2) is 104 Å². The van der Waals surface area contributed by atoms with E-state index < -0.39 is 30.8 Å². The molecule has 2 heterocycles. The lowest BCUT2D eigenvalue weighted by atomic mass is 9.81. The summed E-state index contributed by atoms with van der Waals surface area (Å²) >= 11 is 0. The number of primary amides is 1. The average molecular weight is 658 g/mol. The number of alkyl halides is 1. The number of amides is 1. The van der Waals surface area contributed by atoms with Crippen molar-refractivity contribution in [2.24, 2.45) is 29.2 Å². The fourth-order valence-electron chi connectivity index (χ4n) is 7.52. The van der Waals surface area contributed by atoms with Gasteiger partial charge >= 0.3 is 5.97 Å². The minimum Gasteiger partial charge on any atom is -0.371 e. The van der Waals surface area contributed by atoms with Crippen molar-refractivity contribution in [3.63, 3.8) is 0 Å². The van der Waals surface area contributed by atoms with Crippen molar-refractivity contribution in [3.8, 4) is 0 Å². The number of hydrogen-bond donors (Lipinski definition) is 8. The largest absolute Gasteiger partial charge is 0.371 e. The summed E-state index contributed by atoms with van der Waals surface area (Å²) in [5.41, 5.74) is 12.1. The second kappa shape index (κ2) is 19.9. The molecule has 1 saturated carbocycles. The van der Waals surface area contributed by atoms with E-state index in [0.717, 1.165) is 32.2 Å². The first-order valence-electron chi connectivity index (χ1n) is 16.9. The number of hydrogen-bond acceptors (Lipinski definition) is 10. The summed E-state index contributed by atoms with van der Waals surface area (Å²) < 4.78 is 13.2. The van der Waals surface area contributed by atoms with Crippen LogP contribution >= 0.6 is 0 Å². The van der Waals surface area contributed by atoms with Crippen molar-refractivity contribution in [2.45, 2.75) is 135 Å². The molecule has 2 bridgehead atoms. The lowest BCUT2D eigenvalue weighted by molar-refractivity contribution is -0.352. The highest BCUT2D eigenvalue weighted by molar-refractivity contribution is 5.76. The zero-order valence-corrected chi connectivity index (χ0v) is 29.1. The molecule has 0 aromatic heterocycles. The summed E-state index contributed by atoms with van der Waals surface area (Å²) in [4.78, 5) is 15.2. The number of aliphatic hydroxyl groups is 5. The van der Waals surface area contributed by atoms with E-state index in [1.54, 1.807) is 14.0 Å². The fraction of sp³-hybridized carbons (Fsp3) is 0.794. The number of benzene rings is 1. The van der Waals surface area contributed by atoms with Crippen LogP contribution in [0.25, 0.3) is 0 Å². The highest BCUT2D eigenvalue weighted by Crippen LogP contribution is 2.41. The van der Waals surface area contributed by atoms with Crippen molar-refractivity contribution in [3.05, 3.63) is 35.9 Å². The summed E-state index contributed by atoms with van der Waals surface area (Å²) in [6.07, 6.45) is 4.88. The van der Waals surface area contributed by atoms with Crippen LogP contribution in [0.5, 0.6) is 0 Å². The second-order valence-electron chi connectivity index (χ2n) is 13.2. The number of nitrogens with zero attached hydrogens (tertiary/aromatic N) is 2. The van der Waals surface area contributed by atoms with E-state index in [9.17, 15) is 24.5 Å². The summed E-state index contributed by atoms with van der Waals surface area (Å²) in [6, 6.07) is 11.4. The van der Waals surface area contributed by atoms with Crippen molar-refractivity contribution >= 4 is 5.91 Å². The summed E-state index contributed by atoms with van der Waals surface area (Å²) in [5.74, 6) is -2.59. The minimum atomic E-state index is -2.86. The fourth-order valence-corrected chi connectivity index (χ4v) is 7.52. The summed E-state index contributed by atoms with van der Waals surface area (Å²) in [5, 5.41) is 46.9. The predicted octanol–water partition coefficient (Wildman–Crippen LogP) is 2.23. The van der Waals surface area contributed by atoms with Crippen molar-refractivity contribution in [1.29, 1.82) is 0 Å². The molecule has 11 nitrogen and oxygen atoms in total. The number of nitrogens with one attached hydrogen (secondary N) is 1. The Morgan fingerprint density at radius 1 is 1.09 bits per heavy atom. The first-order valence-corrected chi connectivity index (χ1v) is 16.9. The summed E-state index contributed by atoms with van der Waals surface area (Å²) in [7, 11) is 1.61. The molecule has 12 heteroatoms. The topological polar surface area (TPSA) is 189 Å². The molecule has 4 rings (SSSR count). The van der Waals surface area contributed by atoms with Gasteiger partial charge in [0.2, 0.25) is 5.91 Å². The molecule has 7 unspecified atom stereocenters. The van der Waals surface area contributed by atoms with Crippen LogP contribution < -0.4 is 16.8 Å². The van der Waals surface area contributed by atoms with Gasteiger partial charge in [-0.1, -0.05) is 58.0 Å². The van der Waals surface area contributed by atoms with Gasteiger partial charge in [-0.25, -0.2) is 4.39 Å². The third-order valence-electron chi connectivity index (χ3n) is 9.72. The molecule has 0 spiro atoms. The maximum absolute atomic E-state index is 13.2. The molecule has 2 saturated heterocycles. The number of halogens is 1. The Labute approximate surface area is 276 Å². The second-order valence-corrected chi connectivity index (χ2v) is 13.2. The Kier molecular flexibility index (Phi) is 18.3. The third-order valence-corrected chi connectivity index (χ3v) is 9.72. The molecule has 1 aromatic rings. The molecule has 0 radical (unpaired) electrons. The zero-order chi connectivity index (χ0) is 35.2. The molecular weight excluding hydrogens is 593 g/mol. The first kappa shape index (κ1) is 42.3. The van der Waals surface area contributed by atoms with Gasteiger partial charge in [0.15, 0.2) is 0 Å². The molecular formula is C34H64FN5O6. The van der Waals surface area contributed by atoms with Gasteiger partial charge in [0.05, 0.1) is 6.17 Å². The van der Waals surface area contributed by atoms with Crippen LogP contribution in [0.3, 0.4) is 0 Å². The number of carbonyl (C=O) groups excluding carboxylic acids is 1. The van der Waals surface area contributed by atoms with Gasteiger partial charge in [0, 0.05) is 30.0 Å². The van der Waals surface area contributed by atoms with Crippen LogP contribution in [0.4, 0.5) is 4.39 Å². The van der Waals surface area contributed by atoms with Crippen LogP contribution in [0.15, 0.2) is 30.3 Å². The monoisotopic (exact) mass is 657 g/mol. The normalized spacial score (nSPS) is 32.3. The molecule has 46 heavy (non-hydrogen) atoms. The van der Waals surface area contributed by atoms with Crippen LogP contribution in [0.1, 0.15) is 92.1 Å². The van der Waals surface area contributed by atoms with E-state index in [4.69, 9.17) is 21.7 Å². The van der Waals surface area contributed by atoms with Gasteiger partial charge in [-0.2, -0.15) is 0 Å². The van der Waals surface area contributed by atoms with E-state index in [1.807, 2.05) is 18.7 Å². The predicted molar refractivity (Wildman–Crippen MR) is 179 cm³/mol. The number of carbonyl (C=O) groups is 1. The van der Waals surface area contributed by atoms with Crippen LogP contribution in [0.2, 0.25) is 0 Å². The number of aryl methyl sites for hydroxylation is 1. The summed E-state index contributed by atoms with van der Waals surface area (Å²) in [6.45, 7) is 12.4. The van der Waals surface area contributed by atoms with Gasteiger partial charge in [-0.05, 0) is 90.3 Å². The molecule has 7 atom stereocenters. The van der Waals surface area contributed by atoms with Crippen molar-refractivity contribution in [2.75, 3.05) is 20.4 Å². The van der Waals surface area contributed by atoms with Crippen molar-refractivity contribution < 1.29 is 34.7 Å². The lowest BCUT2D eigenvalue weighted by Gasteiger charge is -2.50. The molecule has 10 N–H and O–H groups in total. The standard InChI is InChI=1S/C23H40N4O3.C8H14FNO.C2H6.CH4O2/c1-15-13-19-14-16(2)27(22(25-4)23(28,29)30)21(24)17(3)20(15)26(19)12-8-11-18-9-6-5-7-10-18;1-8(9)4-2-6(3-5-8)7(10)11;1-2;2-1-3/h5-7,9-10,15-17,19-22,25,28-30H,8,11-14,24H2,1-4H3;6H,2-5H2,1H3,(H2,10,11);1-2H3;2-3H,1H2. The van der Waals surface area contributed by atoms with Crippen LogP contribution in [-0.2, 0) is 11.2 Å². The van der Waals surface area contributed by atoms with Gasteiger partial charge in [0.1, 0.15) is 18.6 Å². The number of likely N-dealkylation sites (N-methyl/N-ethyl adjacent to an activating group) is 1. The number of rotatable bonds is 8. The van der Waals surface area contributed by atoms with E-state index in [0.29, 0.717) is 43.7 Å². The SMILES string of the molecule is CC.CC1(F)CCC(C(N)=O)CC1.CNC(N1C(C)CC2CC(C)C(C(C)C1N)N2CCCc1ccccc1)C(O)(O)O.OCO. The molecule has 1 aromatic carbocycles. The van der Waals surface area contributed by atoms with E-state index in [2.05, 4.69) is 61.3 Å². The minimum absolute atomic E-state index is 0.0152. The third kappa shape index (κ3) is 12.4. The molecule has 3 fully saturated rings. The van der Waals surface area contributed by atoms with Gasteiger partial charge in [-0.3, -0.25) is 19.9 Å². The lowest BCUT2D eigenvalue weighted by Crippen LogP contribution is -2.69. The quantitative estimate of drug-likeness (QED) is 0.193. The molecule has 268 valence electrons. The number of aliphatic hydroxyl groups excluding tert-OH is 1. The van der Waals surface area contributed by atoms with Crippen molar-refractivity contribution in [1.82, 2.24) is 15.1 Å². The number of fused-ring (bicyclic) bond motifs is 2. The average Bonchev–Trinajstić information content (AvgIpc) is 3.31. The van der Waals surface area contributed by atoms with Gasteiger partial charge in [0.25, 0.3) is 0 Å². The Morgan fingerprint density at radius 2 is 1.63 bits per heavy atom. The highest BCUT2D eigenvalue weighted by Gasteiger charge is 2.50. The Morgan fingerprint density at radius 3 is 2.11 bits per heavy atom. The van der Waals surface area contributed by atoms with E-state index >= 15 is 0 Å². The van der Waals surface area contributed by atoms with Gasteiger partial charge < -0.3 is 37.0 Å². The maximum atomic E-state index is 13.2.